The molecule has 1 aromatic heterocycles. The van der Waals surface area contributed by atoms with E-state index in [1.165, 1.54) is 30.5 Å². The van der Waals surface area contributed by atoms with Gasteiger partial charge in [-0.1, -0.05) is 24.4 Å². The van der Waals surface area contributed by atoms with E-state index < -0.39 is 11.7 Å². The lowest BCUT2D eigenvalue weighted by Gasteiger charge is -2.14. The van der Waals surface area contributed by atoms with Crippen molar-refractivity contribution < 1.29 is 13.2 Å². The van der Waals surface area contributed by atoms with Gasteiger partial charge < -0.3 is 11.1 Å². The molecule has 2 rings (SSSR count). The van der Waals surface area contributed by atoms with E-state index in [1.54, 1.807) is 6.07 Å². The summed E-state index contributed by atoms with van der Waals surface area (Å²) in [4.78, 5) is 4.10. The van der Waals surface area contributed by atoms with Gasteiger partial charge >= 0.3 is 6.18 Å². The molecule has 0 aliphatic heterocycles. The Bertz CT molecular complexity index is 641. The van der Waals surface area contributed by atoms with Crippen molar-refractivity contribution >= 4 is 28.7 Å². The van der Waals surface area contributed by atoms with Crippen LogP contribution >= 0.6 is 12.2 Å². The highest BCUT2D eigenvalue weighted by Gasteiger charge is 2.33. The molecule has 0 saturated carbocycles. The van der Waals surface area contributed by atoms with Crippen molar-refractivity contribution in [2.45, 2.75) is 6.18 Å². The summed E-state index contributed by atoms with van der Waals surface area (Å²) in [6, 6.07) is 8.25. The van der Waals surface area contributed by atoms with Crippen molar-refractivity contribution in [1.82, 2.24) is 4.98 Å². The second-order valence-corrected chi connectivity index (χ2v) is 4.40. The van der Waals surface area contributed by atoms with E-state index in [2.05, 4.69) is 10.3 Å². The molecule has 0 fully saturated rings. The van der Waals surface area contributed by atoms with Gasteiger partial charge in [-0.05, 0) is 24.3 Å². The van der Waals surface area contributed by atoms with Crippen LogP contribution in [0.2, 0.25) is 0 Å². The Morgan fingerprint density at radius 1 is 1.20 bits per heavy atom. The maximum absolute atomic E-state index is 12.9. The molecule has 0 spiro atoms. The molecule has 0 amide bonds. The van der Waals surface area contributed by atoms with E-state index in [-0.39, 0.29) is 16.5 Å². The zero-order valence-electron chi connectivity index (χ0n) is 10.1. The van der Waals surface area contributed by atoms with Crippen LogP contribution in [-0.4, -0.2) is 9.97 Å². The quantitative estimate of drug-likeness (QED) is 0.852. The lowest BCUT2D eigenvalue weighted by molar-refractivity contribution is -0.136. The number of para-hydroxylation sites is 1. The molecule has 0 bridgehead atoms. The van der Waals surface area contributed by atoms with Crippen LogP contribution in [0.5, 0.6) is 0 Å². The zero-order valence-corrected chi connectivity index (χ0v) is 10.9. The summed E-state index contributed by atoms with van der Waals surface area (Å²) in [5, 5.41) is 2.63. The molecule has 3 nitrogen and oxygen atoms in total. The number of rotatable bonds is 3. The molecule has 0 radical (unpaired) electrons. The normalized spacial score (nSPS) is 11.2. The maximum atomic E-state index is 12.9. The van der Waals surface area contributed by atoms with Gasteiger partial charge in [0.15, 0.2) is 0 Å². The van der Waals surface area contributed by atoms with E-state index >= 15 is 0 Å². The molecule has 0 aliphatic rings. The number of nitrogens with one attached hydrogen (secondary N) is 1. The number of thiocarbonyl (C=S) groups is 1. The highest BCUT2D eigenvalue weighted by atomic mass is 32.1. The first-order valence-electron chi connectivity index (χ1n) is 5.57. The summed E-state index contributed by atoms with van der Waals surface area (Å²) in [6.07, 6.45) is -3.02. The van der Waals surface area contributed by atoms with Crippen LogP contribution in [0, 0.1) is 0 Å². The molecular weight excluding hydrogens is 287 g/mol. The third-order valence-corrected chi connectivity index (χ3v) is 2.78. The fourth-order valence-electron chi connectivity index (χ4n) is 1.63. The average Bonchev–Trinajstić information content (AvgIpc) is 2.38. The van der Waals surface area contributed by atoms with E-state index in [4.69, 9.17) is 18.0 Å². The molecule has 20 heavy (non-hydrogen) atoms. The SMILES string of the molecule is NC(=S)c1ccnc(Nc2ccccc2C(F)(F)F)c1. The number of pyridine rings is 1. The van der Waals surface area contributed by atoms with Crippen molar-refractivity contribution in [3.05, 3.63) is 53.7 Å². The Kier molecular flexibility index (Phi) is 3.89. The fraction of sp³-hybridized carbons (Fsp3) is 0.0769. The topological polar surface area (TPSA) is 50.9 Å². The van der Waals surface area contributed by atoms with Gasteiger partial charge in [0.25, 0.3) is 0 Å². The number of hydrogen-bond donors (Lipinski definition) is 2. The zero-order chi connectivity index (χ0) is 14.8. The van der Waals surface area contributed by atoms with Gasteiger partial charge in [0.1, 0.15) is 10.8 Å². The van der Waals surface area contributed by atoms with E-state index in [0.29, 0.717) is 5.56 Å². The molecule has 0 unspecified atom stereocenters. The van der Waals surface area contributed by atoms with Gasteiger partial charge in [0, 0.05) is 11.8 Å². The Labute approximate surface area is 118 Å². The van der Waals surface area contributed by atoms with Gasteiger partial charge in [0.2, 0.25) is 0 Å². The van der Waals surface area contributed by atoms with Crippen molar-refractivity contribution in [2.75, 3.05) is 5.32 Å². The number of alkyl halides is 3. The third-order valence-electron chi connectivity index (χ3n) is 2.54. The van der Waals surface area contributed by atoms with Gasteiger partial charge in [-0.3, -0.25) is 0 Å². The number of benzene rings is 1. The van der Waals surface area contributed by atoms with Crippen LogP contribution in [0.15, 0.2) is 42.6 Å². The predicted octanol–water partition coefficient (Wildman–Crippen LogP) is 3.48. The first kappa shape index (κ1) is 14.3. The maximum Gasteiger partial charge on any atom is 0.418 e. The van der Waals surface area contributed by atoms with E-state index in [1.807, 2.05) is 0 Å². The van der Waals surface area contributed by atoms with Crippen molar-refractivity contribution in [2.24, 2.45) is 5.73 Å². The summed E-state index contributed by atoms with van der Waals surface area (Å²) < 4.78 is 38.6. The minimum Gasteiger partial charge on any atom is -0.389 e. The lowest BCUT2D eigenvalue weighted by atomic mass is 10.1. The van der Waals surface area contributed by atoms with E-state index in [9.17, 15) is 13.2 Å². The highest BCUT2D eigenvalue weighted by molar-refractivity contribution is 7.80. The second kappa shape index (κ2) is 5.46. The van der Waals surface area contributed by atoms with Crippen LogP contribution in [0.3, 0.4) is 0 Å². The lowest BCUT2D eigenvalue weighted by Crippen LogP contribution is -2.11. The third kappa shape index (κ3) is 3.24. The average molecular weight is 297 g/mol. The van der Waals surface area contributed by atoms with Crippen LogP contribution in [0.4, 0.5) is 24.7 Å². The number of anilines is 2. The molecule has 7 heteroatoms. The summed E-state index contributed by atoms with van der Waals surface area (Å²) in [5.41, 5.74) is 5.16. The molecule has 3 N–H and O–H groups in total. The first-order valence-corrected chi connectivity index (χ1v) is 5.98. The molecular formula is C13H10F3N3S. The summed E-state index contributed by atoms with van der Waals surface area (Å²) in [5.74, 6) is 0.243. The van der Waals surface area contributed by atoms with Crippen molar-refractivity contribution in [3.8, 4) is 0 Å². The Morgan fingerprint density at radius 3 is 2.55 bits per heavy atom. The molecule has 1 heterocycles. The largest absolute Gasteiger partial charge is 0.418 e. The number of nitrogens with zero attached hydrogens (tertiary/aromatic N) is 1. The first-order chi connectivity index (χ1) is 9.38. The number of hydrogen-bond acceptors (Lipinski definition) is 3. The predicted molar refractivity (Wildman–Crippen MR) is 74.9 cm³/mol. The summed E-state index contributed by atoms with van der Waals surface area (Å²) >= 11 is 4.81. The van der Waals surface area contributed by atoms with Crippen LogP contribution in [0.25, 0.3) is 0 Å². The Hall–Kier alpha value is -2.15. The van der Waals surface area contributed by atoms with Crippen molar-refractivity contribution in [1.29, 1.82) is 0 Å². The van der Waals surface area contributed by atoms with Gasteiger partial charge in [0.05, 0.1) is 11.3 Å². The summed E-state index contributed by atoms with van der Waals surface area (Å²) in [7, 11) is 0. The molecule has 0 atom stereocenters. The molecule has 1 aromatic carbocycles. The van der Waals surface area contributed by atoms with Gasteiger partial charge in [-0.2, -0.15) is 13.2 Å². The van der Waals surface area contributed by atoms with Gasteiger partial charge in [-0.25, -0.2) is 4.98 Å². The Morgan fingerprint density at radius 2 is 1.90 bits per heavy atom. The molecule has 0 saturated heterocycles. The molecule has 0 aliphatic carbocycles. The van der Waals surface area contributed by atoms with Gasteiger partial charge in [-0.15, -0.1) is 0 Å². The minimum atomic E-state index is -4.44. The van der Waals surface area contributed by atoms with Crippen LogP contribution in [-0.2, 0) is 6.18 Å². The van der Waals surface area contributed by atoms with Crippen LogP contribution < -0.4 is 11.1 Å². The smallest absolute Gasteiger partial charge is 0.389 e. The molecule has 104 valence electrons. The minimum absolute atomic E-state index is 0.0763. The molecule has 2 aromatic rings. The van der Waals surface area contributed by atoms with Crippen molar-refractivity contribution in [3.63, 3.8) is 0 Å². The second-order valence-electron chi connectivity index (χ2n) is 3.96. The fourth-order valence-corrected chi connectivity index (χ4v) is 1.76. The van der Waals surface area contributed by atoms with Crippen LogP contribution in [0.1, 0.15) is 11.1 Å². The Balaban J connectivity index is 2.36. The number of nitrogens with two attached hydrogens (primary N) is 1. The summed E-state index contributed by atoms with van der Waals surface area (Å²) in [6.45, 7) is 0. The monoisotopic (exact) mass is 297 g/mol. The number of aromatic nitrogens is 1. The van der Waals surface area contributed by atoms with E-state index in [0.717, 1.165) is 6.07 Å². The standard InChI is InChI=1S/C13H10F3N3S/c14-13(15,16)9-3-1-2-4-10(9)19-11-7-8(12(17)20)5-6-18-11/h1-7H,(H2,17,20)(H,18,19). The number of halogens is 3. The highest BCUT2D eigenvalue weighted by Crippen LogP contribution is 2.35.